The van der Waals surface area contributed by atoms with E-state index in [0.717, 1.165) is 0 Å². The van der Waals surface area contributed by atoms with Crippen LogP contribution < -0.4 is 0 Å². The highest BCUT2D eigenvalue weighted by Gasteiger charge is 2.74. The van der Waals surface area contributed by atoms with Gasteiger partial charge < -0.3 is 19.7 Å². The number of ether oxygens (including phenoxy) is 2. The fourth-order valence-corrected chi connectivity index (χ4v) is 1.84. The van der Waals surface area contributed by atoms with Crippen molar-refractivity contribution in [3.05, 3.63) is 0 Å². The third kappa shape index (κ3) is 0.927. The molecule has 0 radical (unpaired) electrons. The second-order valence-corrected chi connectivity index (χ2v) is 4.07. The standard InChI is InChI=1S/C6H6BrFO5/c7-5(8)4(10)13-3-2(9)1-12-6(3,5)11/h2-3,9,11H,1H2/t2-,3+,5-,6-/m0/s1. The number of fused-ring (bicyclic) bond motifs is 1. The van der Waals surface area contributed by atoms with Crippen molar-refractivity contribution in [3.63, 3.8) is 0 Å². The van der Waals surface area contributed by atoms with E-state index in [1.54, 1.807) is 0 Å². The lowest BCUT2D eigenvalue weighted by Crippen LogP contribution is -2.51. The highest BCUT2D eigenvalue weighted by atomic mass is 79.9. The van der Waals surface area contributed by atoms with Crippen molar-refractivity contribution in [1.29, 1.82) is 0 Å². The normalized spacial score (nSPS) is 54.9. The van der Waals surface area contributed by atoms with E-state index < -0.39 is 28.5 Å². The van der Waals surface area contributed by atoms with Crippen LogP contribution in [0.3, 0.4) is 0 Å². The maximum Gasteiger partial charge on any atom is 0.361 e. The van der Waals surface area contributed by atoms with Crippen molar-refractivity contribution in [2.24, 2.45) is 0 Å². The van der Waals surface area contributed by atoms with Gasteiger partial charge in [-0.3, -0.25) is 0 Å². The van der Waals surface area contributed by atoms with Crippen LogP contribution in [0, 0.1) is 0 Å². The number of esters is 1. The lowest BCUT2D eigenvalue weighted by molar-refractivity contribution is -0.217. The molecule has 74 valence electrons. The molecule has 2 fully saturated rings. The monoisotopic (exact) mass is 256 g/mol. The summed E-state index contributed by atoms with van der Waals surface area (Å²) >= 11 is 2.37. The average Bonchev–Trinajstić information content (AvgIpc) is 2.40. The van der Waals surface area contributed by atoms with E-state index in [0.29, 0.717) is 0 Å². The van der Waals surface area contributed by atoms with Crippen molar-refractivity contribution in [2.45, 2.75) is 22.6 Å². The van der Waals surface area contributed by atoms with Crippen LogP contribution >= 0.6 is 15.9 Å². The molecule has 0 bridgehead atoms. The van der Waals surface area contributed by atoms with Gasteiger partial charge >= 0.3 is 10.5 Å². The Balaban J connectivity index is 2.41. The van der Waals surface area contributed by atoms with Crippen LogP contribution in [0.5, 0.6) is 0 Å². The van der Waals surface area contributed by atoms with E-state index in [9.17, 15) is 14.3 Å². The summed E-state index contributed by atoms with van der Waals surface area (Å²) in [5.74, 6) is -3.72. The Morgan fingerprint density at radius 2 is 2.31 bits per heavy atom. The summed E-state index contributed by atoms with van der Waals surface area (Å²) in [6.07, 6.45) is -2.58. The smallest absolute Gasteiger partial charge is 0.361 e. The van der Waals surface area contributed by atoms with Crippen molar-refractivity contribution in [3.8, 4) is 0 Å². The van der Waals surface area contributed by atoms with Crippen LogP contribution in [0.1, 0.15) is 0 Å². The fraction of sp³-hybridized carbons (Fsp3) is 0.833. The molecule has 2 heterocycles. The fourth-order valence-electron chi connectivity index (χ4n) is 1.41. The second-order valence-electron chi connectivity index (χ2n) is 2.98. The van der Waals surface area contributed by atoms with Crippen LogP contribution in [0.15, 0.2) is 0 Å². The molecule has 4 atom stereocenters. The third-order valence-electron chi connectivity index (χ3n) is 2.15. The summed E-state index contributed by atoms with van der Waals surface area (Å²) < 4.78 is 19.7. The van der Waals surface area contributed by atoms with Crippen LogP contribution in [0.2, 0.25) is 0 Å². The summed E-state index contributed by atoms with van der Waals surface area (Å²) in [5.41, 5.74) is 0. The largest absolute Gasteiger partial charge is 0.450 e. The number of hydrogen-bond acceptors (Lipinski definition) is 5. The Morgan fingerprint density at radius 1 is 1.69 bits per heavy atom. The Kier molecular flexibility index (Phi) is 1.73. The molecular weight excluding hydrogens is 251 g/mol. The molecule has 2 N–H and O–H groups in total. The molecule has 7 heteroatoms. The van der Waals surface area contributed by atoms with Gasteiger partial charge in [0, 0.05) is 0 Å². The number of carbonyl (C=O) groups is 1. The second kappa shape index (κ2) is 2.41. The summed E-state index contributed by atoms with van der Waals surface area (Å²) in [4.78, 5) is 10.9. The molecule has 0 saturated carbocycles. The summed E-state index contributed by atoms with van der Waals surface area (Å²) in [7, 11) is 0. The van der Waals surface area contributed by atoms with E-state index in [1.165, 1.54) is 0 Å². The van der Waals surface area contributed by atoms with Gasteiger partial charge in [0.05, 0.1) is 6.61 Å². The highest BCUT2D eigenvalue weighted by Crippen LogP contribution is 2.48. The molecule has 2 aliphatic rings. The van der Waals surface area contributed by atoms with Gasteiger partial charge in [-0.15, -0.1) is 0 Å². The van der Waals surface area contributed by atoms with Gasteiger partial charge in [0.2, 0.25) is 0 Å². The molecule has 2 aliphatic heterocycles. The Hall–Kier alpha value is -0.240. The molecule has 0 aromatic carbocycles. The summed E-state index contributed by atoms with van der Waals surface area (Å²) in [5, 5.41) is 18.7. The Labute approximate surface area is 80.6 Å². The molecule has 2 rings (SSSR count). The number of carbonyl (C=O) groups excluding carboxylic acids is 1. The maximum atomic E-state index is 13.5. The molecule has 2 saturated heterocycles. The number of aliphatic hydroxyl groups is 2. The van der Waals surface area contributed by atoms with Gasteiger partial charge in [-0.1, -0.05) is 0 Å². The third-order valence-corrected chi connectivity index (χ3v) is 3.04. The van der Waals surface area contributed by atoms with Crippen LogP contribution in [-0.2, 0) is 14.3 Å². The topological polar surface area (TPSA) is 76.0 Å². The number of halogens is 2. The van der Waals surface area contributed by atoms with Gasteiger partial charge in [0.1, 0.15) is 6.10 Å². The predicted octanol–water partition coefficient (Wildman–Crippen LogP) is -0.948. The zero-order chi connectivity index (χ0) is 9.85. The number of aliphatic hydroxyl groups excluding tert-OH is 1. The lowest BCUT2D eigenvalue weighted by Gasteiger charge is -2.24. The first-order valence-corrected chi connectivity index (χ1v) is 4.32. The zero-order valence-corrected chi connectivity index (χ0v) is 7.82. The molecule has 0 unspecified atom stereocenters. The minimum Gasteiger partial charge on any atom is -0.450 e. The first kappa shape index (κ1) is 9.32. The Bertz CT molecular complexity index is 270. The van der Waals surface area contributed by atoms with Gasteiger partial charge in [-0.2, -0.15) is 0 Å². The Morgan fingerprint density at radius 3 is 2.85 bits per heavy atom. The van der Waals surface area contributed by atoms with E-state index in [4.69, 9.17) is 5.11 Å². The summed E-state index contributed by atoms with van der Waals surface area (Å²) in [6.45, 7) is -0.272. The lowest BCUT2D eigenvalue weighted by atomic mass is 10.1. The molecule has 0 aromatic rings. The van der Waals surface area contributed by atoms with E-state index in [1.807, 2.05) is 0 Å². The molecule has 5 nitrogen and oxygen atoms in total. The zero-order valence-electron chi connectivity index (χ0n) is 6.24. The average molecular weight is 257 g/mol. The number of rotatable bonds is 0. The van der Waals surface area contributed by atoms with Gasteiger partial charge in [0.15, 0.2) is 6.10 Å². The number of hydrogen-bond donors (Lipinski definition) is 2. The van der Waals surface area contributed by atoms with Gasteiger partial charge in [-0.25, -0.2) is 9.18 Å². The van der Waals surface area contributed by atoms with Crippen molar-refractivity contribution in [1.82, 2.24) is 0 Å². The predicted molar refractivity (Wildman–Crippen MR) is 39.6 cm³/mol. The van der Waals surface area contributed by atoms with Gasteiger partial charge in [-0.05, 0) is 15.9 Å². The van der Waals surface area contributed by atoms with Crippen molar-refractivity contribution >= 4 is 21.9 Å². The van der Waals surface area contributed by atoms with Crippen LogP contribution in [0.4, 0.5) is 4.39 Å². The van der Waals surface area contributed by atoms with Gasteiger partial charge in [0.25, 0.3) is 5.79 Å². The van der Waals surface area contributed by atoms with Crippen molar-refractivity contribution in [2.75, 3.05) is 6.61 Å². The van der Waals surface area contributed by atoms with Crippen molar-refractivity contribution < 1.29 is 28.9 Å². The minimum atomic E-state index is -2.80. The molecule has 0 amide bonds. The molecule has 13 heavy (non-hydrogen) atoms. The first-order chi connectivity index (χ1) is 5.89. The van der Waals surface area contributed by atoms with E-state index in [2.05, 4.69) is 25.4 Å². The van der Waals surface area contributed by atoms with Crippen LogP contribution in [-0.4, -0.2) is 45.4 Å². The maximum absolute atomic E-state index is 13.5. The van der Waals surface area contributed by atoms with E-state index >= 15 is 0 Å². The molecule has 0 aromatic heterocycles. The molecule has 0 spiro atoms. The van der Waals surface area contributed by atoms with E-state index in [-0.39, 0.29) is 6.61 Å². The van der Waals surface area contributed by atoms with Crippen LogP contribution in [0.25, 0.3) is 0 Å². The number of alkyl halides is 2. The first-order valence-electron chi connectivity index (χ1n) is 3.53. The molecular formula is C6H6BrFO5. The SMILES string of the molecule is O=C1O[C@@H]2[C@@H](O)CO[C@]2(O)[C@]1(F)Br. The highest BCUT2D eigenvalue weighted by molar-refractivity contribution is 9.10. The quantitative estimate of drug-likeness (QED) is 0.432. The molecule has 0 aliphatic carbocycles. The minimum absolute atomic E-state index is 0.272. The summed E-state index contributed by atoms with van der Waals surface area (Å²) in [6, 6.07) is 0.